The number of aldehydes is 1. The molecule has 6 heterocycles. The Kier molecular flexibility index (Phi) is 10.7. The first-order valence-electron chi connectivity index (χ1n) is 21.9. The van der Waals surface area contributed by atoms with Crippen molar-refractivity contribution in [3.8, 4) is 22.8 Å². The Bertz CT molecular complexity index is 2480. The van der Waals surface area contributed by atoms with Crippen LogP contribution >= 0.6 is 0 Å². The number of hydrogen-bond donors (Lipinski definition) is 2. The molecule has 15 nitrogen and oxygen atoms in total. The van der Waals surface area contributed by atoms with Crippen LogP contribution in [0.15, 0.2) is 79.1 Å². The fourth-order valence-electron chi connectivity index (χ4n) is 10.7. The Morgan fingerprint density at radius 1 is 0.903 bits per heavy atom. The number of rotatable bonds is 11. The lowest BCUT2D eigenvalue weighted by Gasteiger charge is -2.43. The van der Waals surface area contributed by atoms with Crippen molar-refractivity contribution in [1.82, 2.24) is 39.8 Å². The van der Waals surface area contributed by atoms with Gasteiger partial charge in [0.2, 0.25) is 11.8 Å². The Hall–Kier alpha value is -6.19. The molecule has 5 aromatic rings. The molecule has 0 spiro atoms. The maximum absolute atomic E-state index is 13.3. The third-order valence-electron chi connectivity index (χ3n) is 14.0. The molecule has 5 fully saturated rings. The van der Waals surface area contributed by atoms with Crippen LogP contribution < -0.4 is 20.7 Å². The number of para-hydroxylation sites is 1. The van der Waals surface area contributed by atoms with Gasteiger partial charge < -0.3 is 30.1 Å². The number of nitrogens with zero attached hydrogens (tertiary/aromatic N) is 8. The molecule has 15 heteroatoms. The molecule has 10 rings (SSSR count). The number of carbonyl (C=O) groups is 4. The lowest BCUT2D eigenvalue weighted by Crippen LogP contribution is -2.53. The minimum absolute atomic E-state index is 0.175. The standard InChI is InChI=1S/C47H52N10O5/c1-53(40-13-14-41(59)51-46(40)60)47(61)39-12-9-35(21-33(39)27-58)56-23-29(24-56)22-54-25-31-19-36(20-32(31)26-54)55-17-15-34(16-18-55)57-45-42(44(48)49-28-50-45)43(52-57)30-7-10-38(11-8-30)62-37-5-3-2-4-6-37/h2-12,21,27-29,31-32,34,36,40H,13-20,22-26H2,1H3,(H2,48,49,50)(H,51,59,60). The molecule has 0 radical (unpaired) electrons. The summed E-state index contributed by atoms with van der Waals surface area (Å²) >= 11 is 0. The Morgan fingerprint density at radius 3 is 2.34 bits per heavy atom. The largest absolute Gasteiger partial charge is 0.457 e. The molecule has 3 amide bonds. The molecule has 1 saturated carbocycles. The van der Waals surface area contributed by atoms with Gasteiger partial charge in [-0.05, 0) is 98.5 Å². The van der Waals surface area contributed by atoms with Gasteiger partial charge in [0.15, 0.2) is 11.9 Å². The summed E-state index contributed by atoms with van der Waals surface area (Å²) in [5, 5.41) is 8.24. The van der Waals surface area contributed by atoms with Crippen molar-refractivity contribution in [3.05, 3.63) is 90.3 Å². The SMILES string of the molecule is CN(C(=O)c1ccc(N2CC(CN3CC4CC(N5CCC(n6nc(-c7ccc(Oc8ccccc8)cc7)c7c(N)ncnc76)CC5)CC4C3)C2)cc1C=O)C1CCC(=O)NC1=O. The maximum Gasteiger partial charge on any atom is 0.255 e. The van der Waals surface area contributed by atoms with E-state index < -0.39 is 17.9 Å². The topological polar surface area (TPSA) is 172 Å². The van der Waals surface area contributed by atoms with Crippen molar-refractivity contribution in [1.29, 1.82) is 0 Å². The van der Waals surface area contributed by atoms with E-state index in [2.05, 4.69) is 34.7 Å². The van der Waals surface area contributed by atoms with Crippen LogP contribution in [0, 0.1) is 17.8 Å². The van der Waals surface area contributed by atoms with E-state index in [0.29, 0.717) is 29.6 Å². The summed E-state index contributed by atoms with van der Waals surface area (Å²) < 4.78 is 8.12. The van der Waals surface area contributed by atoms with Crippen molar-refractivity contribution >= 4 is 46.5 Å². The van der Waals surface area contributed by atoms with Crippen LogP contribution in [0.25, 0.3) is 22.3 Å². The van der Waals surface area contributed by atoms with Gasteiger partial charge >= 0.3 is 0 Å². The number of aromatic nitrogens is 4. The van der Waals surface area contributed by atoms with E-state index in [1.54, 1.807) is 19.2 Å². The molecule has 4 aliphatic heterocycles. The summed E-state index contributed by atoms with van der Waals surface area (Å²) in [6.45, 7) is 7.28. The van der Waals surface area contributed by atoms with E-state index in [0.717, 1.165) is 110 Å². The summed E-state index contributed by atoms with van der Waals surface area (Å²) in [5.41, 5.74) is 10.5. The van der Waals surface area contributed by atoms with Crippen molar-refractivity contribution in [2.45, 2.75) is 56.7 Å². The second-order valence-corrected chi connectivity index (χ2v) is 17.9. The number of amides is 3. The fraction of sp³-hybridized carbons (Fsp3) is 0.426. The average Bonchev–Trinajstić information content (AvgIpc) is 3.98. The van der Waals surface area contributed by atoms with Crippen molar-refractivity contribution < 1.29 is 23.9 Å². The molecular weight excluding hydrogens is 785 g/mol. The third-order valence-corrected chi connectivity index (χ3v) is 14.0. The number of anilines is 2. The van der Waals surface area contributed by atoms with Gasteiger partial charge in [-0.15, -0.1) is 0 Å². The minimum Gasteiger partial charge on any atom is -0.457 e. The fourth-order valence-corrected chi connectivity index (χ4v) is 10.7. The van der Waals surface area contributed by atoms with Crippen LogP contribution in [0.1, 0.15) is 65.3 Å². The van der Waals surface area contributed by atoms with Crippen LogP contribution in [-0.2, 0) is 9.59 Å². The van der Waals surface area contributed by atoms with Crippen LogP contribution in [0.5, 0.6) is 11.5 Å². The molecule has 4 saturated heterocycles. The number of nitrogens with one attached hydrogen (secondary N) is 1. The van der Waals surface area contributed by atoms with Gasteiger partial charge in [0.05, 0.1) is 17.0 Å². The number of imide groups is 1. The highest BCUT2D eigenvalue weighted by Gasteiger charge is 2.44. The summed E-state index contributed by atoms with van der Waals surface area (Å²) in [6, 6.07) is 23.1. The number of likely N-dealkylation sites (tertiary alicyclic amines) is 2. The van der Waals surface area contributed by atoms with Gasteiger partial charge in [-0.1, -0.05) is 18.2 Å². The number of fused-ring (bicyclic) bond motifs is 2. The van der Waals surface area contributed by atoms with Crippen LogP contribution in [0.3, 0.4) is 0 Å². The van der Waals surface area contributed by atoms with Crippen LogP contribution in [0.4, 0.5) is 11.5 Å². The number of nitrogen functional groups attached to an aromatic ring is 1. The smallest absolute Gasteiger partial charge is 0.255 e. The monoisotopic (exact) mass is 836 g/mol. The van der Waals surface area contributed by atoms with Gasteiger partial charge in [0.1, 0.15) is 35.4 Å². The average molecular weight is 837 g/mol. The normalized spacial score (nSPS) is 23.6. The van der Waals surface area contributed by atoms with E-state index in [-0.39, 0.29) is 30.4 Å². The first kappa shape index (κ1) is 39.9. The lowest BCUT2D eigenvalue weighted by molar-refractivity contribution is -0.136. The summed E-state index contributed by atoms with van der Waals surface area (Å²) in [7, 11) is 1.54. The van der Waals surface area contributed by atoms with E-state index in [9.17, 15) is 19.2 Å². The zero-order valence-corrected chi connectivity index (χ0v) is 34.9. The quantitative estimate of drug-likeness (QED) is 0.134. The number of carbonyl (C=O) groups excluding carboxylic acids is 4. The van der Waals surface area contributed by atoms with Gasteiger partial charge in [-0.3, -0.25) is 24.5 Å². The molecule has 320 valence electrons. The Morgan fingerprint density at radius 2 is 1.63 bits per heavy atom. The highest BCUT2D eigenvalue weighted by atomic mass is 16.5. The van der Waals surface area contributed by atoms with Gasteiger partial charge in [-0.25, -0.2) is 14.6 Å². The molecule has 3 N–H and O–H groups in total. The molecule has 5 aliphatic rings. The number of benzene rings is 3. The molecule has 1 aliphatic carbocycles. The molecule has 2 aromatic heterocycles. The van der Waals surface area contributed by atoms with Gasteiger partial charge in [0.25, 0.3) is 5.91 Å². The molecular formula is C47H52N10O5. The number of ether oxygens (including phenoxy) is 1. The molecule has 3 unspecified atom stereocenters. The maximum atomic E-state index is 13.3. The highest BCUT2D eigenvalue weighted by Crippen LogP contribution is 2.43. The molecule has 3 atom stereocenters. The molecule has 62 heavy (non-hydrogen) atoms. The van der Waals surface area contributed by atoms with E-state index in [4.69, 9.17) is 15.6 Å². The van der Waals surface area contributed by atoms with E-state index in [1.807, 2.05) is 60.7 Å². The van der Waals surface area contributed by atoms with Crippen LogP contribution in [0.2, 0.25) is 0 Å². The van der Waals surface area contributed by atoms with E-state index >= 15 is 0 Å². The molecule has 3 aromatic carbocycles. The number of hydrogen-bond acceptors (Lipinski definition) is 12. The first-order chi connectivity index (χ1) is 30.2. The summed E-state index contributed by atoms with van der Waals surface area (Å²) in [5.74, 6) is 2.75. The van der Waals surface area contributed by atoms with Crippen LogP contribution in [-0.4, -0.2) is 123 Å². The van der Waals surface area contributed by atoms with Gasteiger partial charge in [0, 0.05) is 88.1 Å². The van der Waals surface area contributed by atoms with Gasteiger partial charge in [-0.2, -0.15) is 5.10 Å². The third kappa shape index (κ3) is 7.68. The summed E-state index contributed by atoms with van der Waals surface area (Å²) in [4.78, 5) is 67.4. The first-order valence-corrected chi connectivity index (χ1v) is 21.9. The predicted octanol–water partition coefficient (Wildman–Crippen LogP) is 5.04. The Balaban J connectivity index is 0.702. The molecule has 0 bridgehead atoms. The second-order valence-electron chi connectivity index (χ2n) is 17.9. The van der Waals surface area contributed by atoms with Crippen molar-refractivity contribution in [3.63, 3.8) is 0 Å². The zero-order chi connectivity index (χ0) is 42.5. The Labute approximate surface area is 360 Å². The summed E-state index contributed by atoms with van der Waals surface area (Å²) in [6.07, 6.45) is 7.20. The minimum atomic E-state index is -0.747. The van der Waals surface area contributed by atoms with Crippen molar-refractivity contribution in [2.75, 3.05) is 63.5 Å². The number of piperidine rings is 2. The predicted molar refractivity (Wildman–Crippen MR) is 234 cm³/mol. The van der Waals surface area contributed by atoms with E-state index in [1.165, 1.54) is 24.1 Å². The number of likely N-dealkylation sites (N-methyl/N-ethyl adjacent to an activating group) is 1. The van der Waals surface area contributed by atoms with Crippen molar-refractivity contribution in [2.24, 2.45) is 17.8 Å². The lowest BCUT2D eigenvalue weighted by atomic mass is 9.96. The zero-order valence-electron chi connectivity index (χ0n) is 34.9. The number of nitrogens with two attached hydrogens (primary N) is 1. The second kappa shape index (κ2) is 16.6. The highest BCUT2D eigenvalue weighted by molar-refractivity contribution is 6.06.